The molecule has 2 rings (SSSR count). The van der Waals surface area contributed by atoms with Crippen LogP contribution in [0.5, 0.6) is 0 Å². The second-order valence-corrected chi connectivity index (χ2v) is 7.22. The van der Waals surface area contributed by atoms with Gasteiger partial charge in [0, 0.05) is 24.1 Å². The molecule has 0 aliphatic carbocycles. The van der Waals surface area contributed by atoms with E-state index in [9.17, 15) is 8.42 Å². The Balaban J connectivity index is 2.38. The zero-order valence-electron chi connectivity index (χ0n) is 10.0. The Morgan fingerprint density at radius 2 is 2.28 bits per heavy atom. The molecule has 96 valence electrons. The standard InChI is InChI=1S/C12H14N2O2S2/c1-10-9-17-6-5-14(10)18(15,16)12-4-2-3-11(7-12)8-13/h2-4,7,10H,5-6,9H2,1H3. The molecule has 0 N–H and O–H groups in total. The third kappa shape index (κ3) is 2.53. The van der Waals surface area contributed by atoms with E-state index in [0.717, 1.165) is 11.5 Å². The summed E-state index contributed by atoms with van der Waals surface area (Å²) in [5.74, 6) is 1.64. The van der Waals surface area contributed by atoms with Crippen molar-refractivity contribution in [3.8, 4) is 6.07 Å². The van der Waals surface area contributed by atoms with E-state index in [2.05, 4.69) is 0 Å². The Morgan fingerprint density at radius 1 is 1.50 bits per heavy atom. The van der Waals surface area contributed by atoms with Crippen LogP contribution in [0.4, 0.5) is 0 Å². The SMILES string of the molecule is CC1CSCCN1S(=O)(=O)c1cccc(C#N)c1. The summed E-state index contributed by atoms with van der Waals surface area (Å²) < 4.78 is 26.5. The molecule has 4 nitrogen and oxygen atoms in total. The van der Waals surface area contributed by atoms with Gasteiger partial charge in [0.05, 0.1) is 16.5 Å². The lowest BCUT2D eigenvalue weighted by molar-refractivity contribution is 0.367. The Labute approximate surface area is 112 Å². The lowest BCUT2D eigenvalue weighted by atomic mass is 10.2. The lowest BCUT2D eigenvalue weighted by Crippen LogP contribution is -2.44. The molecular weight excluding hydrogens is 268 g/mol. The molecule has 1 aliphatic rings. The molecule has 0 saturated carbocycles. The van der Waals surface area contributed by atoms with Crippen LogP contribution in [0.15, 0.2) is 29.2 Å². The van der Waals surface area contributed by atoms with Crippen molar-refractivity contribution in [1.82, 2.24) is 4.31 Å². The highest BCUT2D eigenvalue weighted by atomic mass is 32.2. The fourth-order valence-corrected chi connectivity index (χ4v) is 4.83. The van der Waals surface area contributed by atoms with Crippen LogP contribution >= 0.6 is 11.8 Å². The van der Waals surface area contributed by atoms with Gasteiger partial charge in [-0.05, 0) is 25.1 Å². The van der Waals surface area contributed by atoms with Gasteiger partial charge in [0.1, 0.15) is 0 Å². The predicted octanol–water partition coefficient (Wildman–Crippen LogP) is 1.68. The summed E-state index contributed by atoms with van der Waals surface area (Å²) in [6, 6.07) is 8.16. The molecule has 1 atom stereocenters. The number of hydrogen-bond acceptors (Lipinski definition) is 4. The normalized spacial score (nSPS) is 21.4. The molecule has 0 amide bonds. The highest BCUT2D eigenvalue weighted by molar-refractivity contribution is 7.99. The molecule has 6 heteroatoms. The predicted molar refractivity (Wildman–Crippen MR) is 71.8 cm³/mol. The summed E-state index contributed by atoms with van der Waals surface area (Å²) in [6.07, 6.45) is 0. The van der Waals surface area contributed by atoms with Gasteiger partial charge < -0.3 is 0 Å². The topological polar surface area (TPSA) is 61.2 Å². The first kappa shape index (κ1) is 13.4. The van der Waals surface area contributed by atoms with Gasteiger partial charge in [0.15, 0.2) is 0 Å². The molecule has 1 saturated heterocycles. The first-order valence-corrected chi connectivity index (χ1v) is 8.25. The van der Waals surface area contributed by atoms with Gasteiger partial charge >= 0.3 is 0 Å². The molecule has 1 aromatic rings. The smallest absolute Gasteiger partial charge is 0.207 e. The maximum absolute atomic E-state index is 12.5. The first-order valence-electron chi connectivity index (χ1n) is 5.65. The summed E-state index contributed by atoms with van der Waals surface area (Å²) in [6.45, 7) is 2.45. The number of nitriles is 1. The Bertz CT molecular complexity index is 578. The zero-order valence-corrected chi connectivity index (χ0v) is 11.7. The van der Waals surface area contributed by atoms with Gasteiger partial charge in [-0.3, -0.25) is 0 Å². The van der Waals surface area contributed by atoms with Gasteiger partial charge in [0.2, 0.25) is 10.0 Å². The lowest BCUT2D eigenvalue weighted by Gasteiger charge is -2.31. The minimum Gasteiger partial charge on any atom is -0.207 e. The Kier molecular flexibility index (Phi) is 3.95. The van der Waals surface area contributed by atoms with Gasteiger partial charge in [-0.2, -0.15) is 21.3 Å². The molecule has 1 unspecified atom stereocenters. The van der Waals surface area contributed by atoms with Crippen molar-refractivity contribution in [2.24, 2.45) is 0 Å². The molecule has 0 aromatic heterocycles. The van der Waals surface area contributed by atoms with Gasteiger partial charge in [-0.1, -0.05) is 6.07 Å². The third-order valence-corrected chi connectivity index (χ3v) is 6.08. The van der Waals surface area contributed by atoms with Crippen molar-refractivity contribution >= 4 is 21.8 Å². The second kappa shape index (κ2) is 5.31. The van der Waals surface area contributed by atoms with Gasteiger partial charge in [-0.25, -0.2) is 8.42 Å². The summed E-state index contributed by atoms with van der Waals surface area (Å²) in [7, 11) is -3.47. The van der Waals surface area contributed by atoms with Crippen LogP contribution in [0.1, 0.15) is 12.5 Å². The van der Waals surface area contributed by atoms with E-state index in [4.69, 9.17) is 5.26 Å². The number of rotatable bonds is 2. The molecule has 1 fully saturated rings. The fraction of sp³-hybridized carbons (Fsp3) is 0.417. The van der Waals surface area contributed by atoms with Crippen molar-refractivity contribution in [1.29, 1.82) is 5.26 Å². The maximum Gasteiger partial charge on any atom is 0.243 e. The molecule has 1 aliphatic heterocycles. The van der Waals surface area contributed by atoms with E-state index in [1.165, 1.54) is 10.4 Å². The third-order valence-electron chi connectivity index (χ3n) is 2.88. The van der Waals surface area contributed by atoms with E-state index in [1.807, 2.05) is 13.0 Å². The zero-order chi connectivity index (χ0) is 13.2. The molecular formula is C12H14N2O2S2. The first-order chi connectivity index (χ1) is 8.55. The molecule has 0 radical (unpaired) electrons. The van der Waals surface area contributed by atoms with E-state index in [-0.39, 0.29) is 10.9 Å². The van der Waals surface area contributed by atoms with Gasteiger partial charge in [-0.15, -0.1) is 0 Å². The summed E-state index contributed by atoms with van der Waals surface area (Å²) >= 11 is 1.77. The Morgan fingerprint density at radius 3 is 2.94 bits per heavy atom. The van der Waals surface area contributed by atoms with Gasteiger partial charge in [0.25, 0.3) is 0 Å². The summed E-state index contributed by atoms with van der Waals surface area (Å²) in [4.78, 5) is 0.209. The van der Waals surface area contributed by atoms with Crippen LogP contribution in [0.25, 0.3) is 0 Å². The van der Waals surface area contributed by atoms with Crippen molar-refractivity contribution in [2.45, 2.75) is 17.9 Å². The van der Waals surface area contributed by atoms with Crippen LogP contribution in [-0.4, -0.2) is 36.8 Å². The van der Waals surface area contributed by atoms with Crippen molar-refractivity contribution < 1.29 is 8.42 Å². The molecule has 1 aromatic carbocycles. The largest absolute Gasteiger partial charge is 0.243 e. The van der Waals surface area contributed by atoms with Crippen LogP contribution in [0.3, 0.4) is 0 Å². The summed E-state index contributed by atoms with van der Waals surface area (Å²) in [5.41, 5.74) is 0.370. The number of sulfonamides is 1. The van der Waals surface area contributed by atoms with E-state index in [1.54, 1.807) is 30.0 Å². The molecule has 0 spiro atoms. The minimum absolute atomic E-state index is 0.000471. The van der Waals surface area contributed by atoms with E-state index in [0.29, 0.717) is 12.1 Å². The quantitative estimate of drug-likeness (QED) is 0.828. The summed E-state index contributed by atoms with van der Waals surface area (Å²) in [5, 5.41) is 8.83. The number of hydrogen-bond donors (Lipinski definition) is 0. The van der Waals surface area contributed by atoms with Crippen molar-refractivity contribution in [3.05, 3.63) is 29.8 Å². The van der Waals surface area contributed by atoms with Crippen LogP contribution in [0.2, 0.25) is 0 Å². The maximum atomic E-state index is 12.5. The average Bonchev–Trinajstić information content (AvgIpc) is 2.39. The number of benzene rings is 1. The van der Waals surface area contributed by atoms with Crippen molar-refractivity contribution in [3.63, 3.8) is 0 Å². The van der Waals surface area contributed by atoms with Crippen LogP contribution in [-0.2, 0) is 10.0 Å². The highest BCUT2D eigenvalue weighted by Crippen LogP contribution is 2.24. The highest BCUT2D eigenvalue weighted by Gasteiger charge is 2.31. The Hall–Kier alpha value is -1.03. The number of thioether (sulfide) groups is 1. The fourth-order valence-electron chi connectivity index (χ4n) is 1.93. The van der Waals surface area contributed by atoms with Crippen LogP contribution < -0.4 is 0 Å². The molecule has 18 heavy (non-hydrogen) atoms. The van der Waals surface area contributed by atoms with E-state index < -0.39 is 10.0 Å². The minimum atomic E-state index is -3.47. The van der Waals surface area contributed by atoms with E-state index >= 15 is 0 Å². The number of nitrogens with zero attached hydrogens (tertiary/aromatic N) is 2. The van der Waals surface area contributed by atoms with Crippen molar-refractivity contribution in [2.75, 3.05) is 18.1 Å². The molecule has 0 bridgehead atoms. The monoisotopic (exact) mass is 282 g/mol. The van der Waals surface area contributed by atoms with Crippen LogP contribution in [0, 0.1) is 11.3 Å². The second-order valence-electron chi connectivity index (χ2n) is 4.18. The molecule has 1 heterocycles. The average molecular weight is 282 g/mol.